The van der Waals surface area contributed by atoms with Crippen molar-refractivity contribution in [3.8, 4) is 0 Å². The van der Waals surface area contributed by atoms with Crippen LogP contribution in [0.5, 0.6) is 0 Å². The van der Waals surface area contributed by atoms with Gasteiger partial charge in [-0.2, -0.15) is 0 Å². The normalized spacial score (nSPS) is 12.7. The SMILES string of the molecule is [CH2]c1ccccc1C([CH2])OOCCCC. The van der Waals surface area contributed by atoms with Gasteiger partial charge in [-0.15, -0.1) is 0 Å². The summed E-state index contributed by atoms with van der Waals surface area (Å²) in [6, 6.07) is 7.76. The van der Waals surface area contributed by atoms with E-state index in [-0.39, 0.29) is 6.10 Å². The highest BCUT2D eigenvalue weighted by atomic mass is 17.2. The fraction of sp³-hybridized carbons (Fsp3) is 0.385. The van der Waals surface area contributed by atoms with E-state index in [0.717, 1.165) is 24.0 Å². The van der Waals surface area contributed by atoms with E-state index >= 15 is 0 Å². The molecule has 1 unspecified atom stereocenters. The zero-order valence-electron chi connectivity index (χ0n) is 9.24. The molecule has 1 rings (SSSR count). The van der Waals surface area contributed by atoms with Gasteiger partial charge in [0.15, 0.2) is 0 Å². The minimum atomic E-state index is -0.310. The summed E-state index contributed by atoms with van der Waals surface area (Å²) >= 11 is 0. The Morgan fingerprint density at radius 2 is 2.07 bits per heavy atom. The van der Waals surface area contributed by atoms with Crippen molar-refractivity contribution in [1.29, 1.82) is 0 Å². The molecule has 0 amide bonds. The van der Waals surface area contributed by atoms with Crippen LogP contribution in [0.2, 0.25) is 0 Å². The fourth-order valence-electron chi connectivity index (χ4n) is 1.23. The van der Waals surface area contributed by atoms with Gasteiger partial charge in [0.25, 0.3) is 0 Å². The molecule has 0 aromatic heterocycles. The van der Waals surface area contributed by atoms with E-state index in [1.807, 2.05) is 24.3 Å². The third kappa shape index (κ3) is 4.02. The summed E-state index contributed by atoms with van der Waals surface area (Å²) in [4.78, 5) is 10.2. The van der Waals surface area contributed by atoms with Crippen LogP contribution in [0.4, 0.5) is 0 Å². The third-order valence-electron chi connectivity index (χ3n) is 2.17. The number of hydrogen-bond acceptors (Lipinski definition) is 2. The van der Waals surface area contributed by atoms with Crippen molar-refractivity contribution in [3.63, 3.8) is 0 Å². The first-order valence-corrected chi connectivity index (χ1v) is 5.28. The molecule has 0 aliphatic heterocycles. The monoisotopic (exact) mass is 206 g/mol. The lowest BCUT2D eigenvalue weighted by atomic mass is 10.1. The molecule has 82 valence electrons. The first-order chi connectivity index (χ1) is 7.25. The van der Waals surface area contributed by atoms with Gasteiger partial charge < -0.3 is 0 Å². The highest BCUT2D eigenvalue weighted by Crippen LogP contribution is 2.19. The van der Waals surface area contributed by atoms with Gasteiger partial charge in [-0.3, -0.25) is 0 Å². The molecule has 0 aliphatic carbocycles. The summed E-state index contributed by atoms with van der Waals surface area (Å²) in [5.41, 5.74) is 1.89. The van der Waals surface area contributed by atoms with E-state index in [4.69, 9.17) is 9.78 Å². The molecule has 15 heavy (non-hydrogen) atoms. The molecule has 1 aromatic carbocycles. The first-order valence-electron chi connectivity index (χ1n) is 5.28. The third-order valence-corrected chi connectivity index (χ3v) is 2.17. The minimum Gasteiger partial charge on any atom is -0.236 e. The van der Waals surface area contributed by atoms with Crippen LogP contribution in [0, 0.1) is 13.8 Å². The molecular formula is C13H18O2. The summed E-state index contributed by atoms with van der Waals surface area (Å²) < 4.78 is 0. The van der Waals surface area contributed by atoms with Crippen LogP contribution in [0.1, 0.15) is 37.0 Å². The molecule has 0 saturated heterocycles. The van der Waals surface area contributed by atoms with Crippen LogP contribution in [0.15, 0.2) is 24.3 Å². The van der Waals surface area contributed by atoms with Crippen molar-refractivity contribution in [2.45, 2.75) is 25.9 Å². The maximum Gasteiger partial charge on any atom is 0.118 e. The van der Waals surface area contributed by atoms with Gasteiger partial charge in [0.05, 0.1) is 6.61 Å². The molecule has 2 nitrogen and oxygen atoms in total. The molecule has 0 bridgehead atoms. The summed E-state index contributed by atoms with van der Waals surface area (Å²) in [5.74, 6) is 0. The number of hydrogen-bond donors (Lipinski definition) is 0. The number of benzene rings is 1. The highest BCUT2D eigenvalue weighted by Gasteiger charge is 2.08. The average Bonchev–Trinajstić information content (AvgIpc) is 2.25. The molecule has 0 aliphatic rings. The van der Waals surface area contributed by atoms with Gasteiger partial charge in [0, 0.05) is 0 Å². The van der Waals surface area contributed by atoms with Gasteiger partial charge in [0.2, 0.25) is 0 Å². The second-order valence-electron chi connectivity index (χ2n) is 3.46. The Balaban J connectivity index is 2.40. The molecule has 0 spiro atoms. The Hall–Kier alpha value is -0.860. The molecular weight excluding hydrogens is 188 g/mol. The quantitative estimate of drug-likeness (QED) is 0.403. The van der Waals surface area contributed by atoms with Crippen molar-refractivity contribution in [2.24, 2.45) is 0 Å². The van der Waals surface area contributed by atoms with E-state index in [2.05, 4.69) is 20.8 Å². The molecule has 2 radical (unpaired) electrons. The topological polar surface area (TPSA) is 18.5 Å². The molecule has 1 atom stereocenters. The van der Waals surface area contributed by atoms with Gasteiger partial charge >= 0.3 is 0 Å². The molecule has 0 heterocycles. The lowest BCUT2D eigenvalue weighted by Gasteiger charge is -2.13. The van der Waals surface area contributed by atoms with E-state index in [1.54, 1.807) is 0 Å². The Labute approximate surface area is 92.1 Å². The zero-order valence-corrected chi connectivity index (χ0v) is 9.24. The molecule has 0 saturated carbocycles. The maximum absolute atomic E-state index is 5.16. The Kier molecular flexibility index (Phi) is 5.37. The summed E-state index contributed by atoms with van der Waals surface area (Å²) in [5, 5.41) is 0. The van der Waals surface area contributed by atoms with Crippen LogP contribution in [-0.2, 0) is 9.78 Å². The smallest absolute Gasteiger partial charge is 0.118 e. The van der Waals surface area contributed by atoms with Crippen LogP contribution < -0.4 is 0 Å². The molecule has 0 N–H and O–H groups in total. The van der Waals surface area contributed by atoms with E-state index in [0.29, 0.717) is 6.61 Å². The molecule has 2 heteroatoms. The number of rotatable bonds is 6. The minimum absolute atomic E-state index is 0.310. The van der Waals surface area contributed by atoms with Crippen LogP contribution in [-0.4, -0.2) is 6.61 Å². The Morgan fingerprint density at radius 1 is 1.33 bits per heavy atom. The fourth-order valence-corrected chi connectivity index (χ4v) is 1.23. The Morgan fingerprint density at radius 3 is 2.73 bits per heavy atom. The van der Waals surface area contributed by atoms with Crippen molar-refractivity contribution in [2.75, 3.05) is 6.61 Å². The predicted octanol–water partition coefficient (Wildman–Crippen LogP) is 3.49. The van der Waals surface area contributed by atoms with E-state index in [9.17, 15) is 0 Å². The maximum atomic E-state index is 5.16. The largest absolute Gasteiger partial charge is 0.236 e. The van der Waals surface area contributed by atoms with Gasteiger partial charge in [-0.05, 0) is 31.4 Å². The van der Waals surface area contributed by atoms with Crippen molar-refractivity contribution in [1.82, 2.24) is 0 Å². The molecule has 1 aromatic rings. The summed E-state index contributed by atoms with van der Waals surface area (Å²) in [6.07, 6.45) is 1.78. The van der Waals surface area contributed by atoms with Gasteiger partial charge in [-0.1, -0.05) is 37.6 Å². The highest BCUT2D eigenvalue weighted by molar-refractivity contribution is 5.31. The molecule has 0 fully saturated rings. The van der Waals surface area contributed by atoms with Crippen molar-refractivity contribution >= 4 is 0 Å². The second kappa shape index (κ2) is 6.59. The van der Waals surface area contributed by atoms with Crippen LogP contribution >= 0.6 is 0 Å². The Bertz CT molecular complexity index is 284. The average molecular weight is 206 g/mol. The lowest BCUT2D eigenvalue weighted by Crippen LogP contribution is -2.04. The van der Waals surface area contributed by atoms with Crippen molar-refractivity contribution in [3.05, 3.63) is 49.2 Å². The van der Waals surface area contributed by atoms with Crippen LogP contribution in [0.25, 0.3) is 0 Å². The van der Waals surface area contributed by atoms with E-state index < -0.39 is 0 Å². The predicted molar refractivity (Wildman–Crippen MR) is 60.9 cm³/mol. The standard InChI is InChI=1S/C13H18O2/c1-4-5-10-14-15-12(3)13-9-7-6-8-11(13)2/h6-9,12H,2-5,10H2,1H3. The summed E-state index contributed by atoms with van der Waals surface area (Å²) in [6.45, 7) is 10.5. The van der Waals surface area contributed by atoms with E-state index in [1.165, 1.54) is 0 Å². The first kappa shape index (κ1) is 12.2. The van der Waals surface area contributed by atoms with Crippen LogP contribution in [0.3, 0.4) is 0 Å². The zero-order chi connectivity index (χ0) is 11.1. The van der Waals surface area contributed by atoms with Gasteiger partial charge in [0.1, 0.15) is 6.10 Å². The lowest BCUT2D eigenvalue weighted by molar-refractivity contribution is -0.318. The second-order valence-corrected chi connectivity index (χ2v) is 3.46. The summed E-state index contributed by atoms with van der Waals surface area (Å²) in [7, 11) is 0. The number of unbranched alkanes of at least 4 members (excludes halogenated alkanes) is 1. The van der Waals surface area contributed by atoms with Crippen molar-refractivity contribution < 1.29 is 9.78 Å². The van der Waals surface area contributed by atoms with Gasteiger partial charge in [-0.25, -0.2) is 9.78 Å².